The van der Waals surface area contributed by atoms with E-state index in [9.17, 15) is 4.79 Å². The summed E-state index contributed by atoms with van der Waals surface area (Å²) in [4.78, 5) is 21.8. The van der Waals surface area contributed by atoms with Crippen LogP contribution < -0.4 is 5.32 Å². The summed E-state index contributed by atoms with van der Waals surface area (Å²) in [5.41, 5.74) is 2.42. The van der Waals surface area contributed by atoms with Gasteiger partial charge in [-0.1, -0.05) is 6.07 Å². The van der Waals surface area contributed by atoms with E-state index in [1.165, 1.54) is 10.3 Å². The average Bonchev–Trinajstić information content (AvgIpc) is 3.01. The SMILES string of the molecule is Cc1nc2ccc(CN3CCCC(C(=O)N4CCNCC4)C3)cc2s1. The molecule has 0 saturated carbocycles. The number of likely N-dealkylation sites (tertiary alicyclic amines) is 1. The van der Waals surface area contributed by atoms with E-state index in [0.29, 0.717) is 5.91 Å². The number of aryl methyl sites for hydroxylation is 1. The maximum Gasteiger partial charge on any atom is 0.227 e. The molecule has 2 saturated heterocycles. The van der Waals surface area contributed by atoms with Crippen molar-refractivity contribution in [3.63, 3.8) is 0 Å². The minimum atomic E-state index is 0.168. The number of thiazole rings is 1. The summed E-state index contributed by atoms with van der Waals surface area (Å²) in [6.07, 6.45) is 2.15. The number of hydrogen-bond acceptors (Lipinski definition) is 5. The van der Waals surface area contributed by atoms with E-state index in [1.54, 1.807) is 11.3 Å². The fourth-order valence-electron chi connectivity index (χ4n) is 3.98. The Morgan fingerprint density at radius 2 is 2.16 bits per heavy atom. The van der Waals surface area contributed by atoms with Gasteiger partial charge in [0, 0.05) is 39.3 Å². The molecule has 2 aliphatic rings. The molecule has 4 rings (SSSR count). The predicted octanol–water partition coefficient (Wildman–Crippen LogP) is 2.25. The monoisotopic (exact) mass is 358 g/mol. The zero-order valence-electron chi connectivity index (χ0n) is 14.8. The number of amides is 1. The summed E-state index contributed by atoms with van der Waals surface area (Å²) >= 11 is 1.76. The van der Waals surface area contributed by atoms with Crippen LogP contribution >= 0.6 is 11.3 Å². The topological polar surface area (TPSA) is 48.5 Å². The van der Waals surface area contributed by atoms with Gasteiger partial charge in [0.15, 0.2) is 0 Å². The van der Waals surface area contributed by atoms with Gasteiger partial charge in [0.05, 0.1) is 21.1 Å². The highest BCUT2D eigenvalue weighted by Gasteiger charge is 2.29. The molecule has 6 heteroatoms. The number of hydrogen-bond donors (Lipinski definition) is 1. The van der Waals surface area contributed by atoms with Gasteiger partial charge < -0.3 is 10.2 Å². The van der Waals surface area contributed by atoms with Crippen LogP contribution in [0.4, 0.5) is 0 Å². The molecular formula is C19H26N4OS. The number of nitrogens with zero attached hydrogens (tertiary/aromatic N) is 3. The van der Waals surface area contributed by atoms with Crippen LogP contribution in [0.1, 0.15) is 23.4 Å². The molecule has 0 radical (unpaired) electrons. The fraction of sp³-hybridized carbons (Fsp3) is 0.579. The third-order valence-electron chi connectivity index (χ3n) is 5.25. The van der Waals surface area contributed by atoms with Crippen LogP contribution in [0.15, 0.2) is 18.2 Å². The number of fused-ring (bicyclic) bond motifs is 1. The second-order valence-corrected chi connectivity index (χ2v) is 8.42. The highest BCUT2D eigenvalue weighted by molar-refractivity contribution is 7.18. The standard InChI is InChI=1S/C19H26N4OS/c1-14-21-17-5-4-15(11-18(17)25-14)12-22-8-2-3-16(13-22)19(24)23-9-6-20-7-10-23/h4-5,11,16,20H,2-3,6-10,12-13H2,1H3. The van der Waals surface area contributed by atoms with Crippen molar-refractivity contribution in [3.8, 4) is 0 Å². The summed E-state index contributed by atoms with van der Waals surface area (Å²) in [5, 5.41) is 4.44. The first-order chi connectivity index (χ1) is 12.2. The molecule has 1 N–H and O–H groups in total. The first kappa shape index (κ1) is 16.9. The summed E-state index contributed by atoms with van der Waals surface area (Å²) in [7, 11) is 0. The Bertz CT molecular complexity index is 753. The maximum absolute atomic E-state index is 12.8. The molecule has 3 heterocycles. The molecule has 0 bridgehead atoms. The van der Waals surface area contributed by atoms with Crippen molar-refractivity contribution in [1.82, 2.24) is 20.1 Å². The summed E-state index contributed by atoms with van der Waals surface area (Å²) in [6, 6.07) is 6.58. The Hall–Kier alpha value is -1.50. The lowest BCUT2D eigenvalue weighted by atomic mass is 9.95. The Morgan fingerprint density at radius 3 is 3.00 bits per heavy atom. The van der Waals surface area contributed by atoms with Crippen LogP contribution in [0.2, 0.25) is 0 Å². The Kier molecular flexibility index (Phi) is 5.01. The number of carbonyl (C=O) groups excluding carboxylic acids is 1. The van der Waals surface area contributed by atoms with Crippen molar-refractivity contribution < 1.29 is 4.79 Å². The van der Waals surface area contributed by atoms with E-state index in [0.717, 1.165) is 69.2 Å². The normalized spacial score (nSPS) is 22.4. The number of nitrogens with one attached hydrogen (secondary N) is 1. The van der Waals surface area contributed by atoms with Crippen LogP contribution in [0.3, 0.4) is 0 Å². The Morgan fingerprint density at radius 1 is 1.32 bits per heavy atom. The molecule has 1 aromatic heterocycles. The van der Waals surface area contributed by atoms with Crippen molar-refractivity contribution in [1.29, 1.82) is 0 Å². The van der Waals surface area contributed by atoms with E-state index in [1.807, 2.05) is 0 Å². The molecule has 2 aromatic rings. The number of piperazine rings is 1. The van der Waals surface area contributed by atoms with Gasteiger partial charge in [-0.3, -0.25) is 9.69 Å². The highest BCUT2D eigenvalue weighted by Crippen LogP contribution is 2.25. The first-order valence-corrected chi connectivity index (χ1v) is 10.1. The zero-order valence-corrected chi connectivity index (χ0v) is 15.6. The van der Waals surface area contributed by atoms with Crippen molar-refractivity contribution >= 4 is 27.5 Å². The molecule has 2 fully saturated rings. The van der Waals surface area contributed by atoms with Crippen LogP contribution in [-0.4, -0.2) is 60.0 Å². The largest absolute Gasteiger partial charge is 0.340 e. The number of aromatic nitrogens is 1. The lowest BCUT2D eigenvalue weighted by molar-refractivity contribution is -0.138. The fourth-order valence-corrected chi connectivity index (χ4v) is 4.88. The lowest BCUT2D eigenvalue weighted by Crippen LogP contribution is -2.51. The van der Waals surface area contributed by atoms with Crippen LogP contribution in [0.25, 0.3) is 10.2 Å². The molecule has 0 aliphatic carbocycles. The van der Waals surface area contributed by atoms with Gasteiger partial charge in [0.2, 0.25) is 5.91 Å². The summed E-state index contributed by atoms with van der Waals surface area (Å²) in [6.45, 7) is 8.54. The van der Waals surface area contributed by atoms with E-state index in [2.05, 4.69) is 45.2 Å². The lowest BCUT2D eigenvalue weighted by Gasteiger charge is -2.36. The number of carbonyl (C=O) groups is 1. The quantitative estimate of drug-likeness (QED) is 0.914. The van der Waals surface area contributed by atoms with Crippen molar-refractivity contribution in [2.45, 2.75) is 26.3 Å². The van der Waals surface area contributed by atoms with E-state index >= 15 is 0 Å². The van der Waals surface area contributed by atoms with Gasteiger partial charge in [-0.05, 0) is 44.0 Å². The molecule has 5 nitrogen and oxygen atoms in total. The van der Waals surface area contributed by atoms with Crippen molar-refractivity contribution in [3.05, 3.63) is 28.8 Å². The molecule has 134 valence electrons. The molecule has 1 atom stereocenters. The first-order valence-electron chi connectivity index (χ1n) is 9.27. The predicted molar refractivity (Wildman–Crippen MR) is 102 cm³/mol. The van der Waals surface area contributed by atoms with Gasteiger partial charge in [-0.25, -0.2) is 4.98 Å². The molecule has 25 heavy (non-hydrogen) atoms. The smallest absolute Gasteiger partial charge is 0.227 e. The minimum Gasteiger partial charge on any atom is -0.340 e. The number of piperidine rings is 1. The summed E-state index contributed by atoms with van der Waals surface area (Å²) in [5.74, 6) is 0.529. The minimum absolute atomic E-state index is 0.168. The third-order valence-corrected chi connectivity index (χ3v) is 6.18. The Balaban J connectivity index is 1.40. The van der Waals surface area contributed by atoms with Crippen LogP contribution in [-0.2, 0) is 11.3 Å². The van der Waals surface area contributed by atoms with Crippen LogP contribution in [0, 0.1) is 12.8 Å². The summed E-state index contributed by atoms with van der Waals surface area (Å²) < 4.78 is 1.26. The Labute approximate surface area is 153 Å². The molecule has 2 aliphatic heterocycles. The molecule has 1 aromatic carbocycles. The van der Waals surface area contributed by atoms with Gasteiger partial charge in [0.25, 0.3) is 0 Å². The van der Waals surface area contributed by atoms with E-state index < -0.39 is 0 Å². The average molecular weight is 359 g/mol. The zero-order chi connectivity index (χ0) is 17.2. The highest BCUT2D eigenvalue weighted by atomic mass is 32.1. The second kappa shape index (κ2) is 7.40. The van der Waals surface area contributed by atoms with Crippen molar-refractivity contribution in [2.24, 2.45) is 5.92 Å². The van der Waals surface area contributed by atoms with Gasteiger partial charge in [0.1, 0.15) is 0 Å². The van der Waals surface area contributed by atoms with Crippen molar-refractivity contribution in [2.75, 3.05) is 39.3 Å². The van der Waals surface area contributed by atoms with E-state index in [4.69, 9.17) is 0 Å². The molecular weight excluding hydrogens is 332 g/mol. The van der Waals surface area contributed by atoms with Gasteiger partial charge >= 0.3 is 0 Å². The molecule has 1 amide bonds. The number of benzene rings is 1. The molecule has 0 spiro atoms. The van der Waals surface area contributed by atoms with E-state index in [-0.39, 0.29) is 5.92 Å². The van der Waals surface area contributed by atoms with Gasteiger partial charge in [-0.15, -0.1) is 11.3 Å². The van der Waals surface area contributed by atoms with Gasteiger partial charge in [-0.2, -0.15) is 0 Å². The third kappa shape index (κ3) is 3.86. The van der Waals surface area contributed by atoms with Crippen LogP contribution in [0.5, 0.6) is 0 Å². The maximum atomic E-state index is 12.8. The second-order valence-electron chi connectivity index (χ2n) is 7.18. The molecule has 1 unspecified atom stereocenters. The number of rotatable bonds is 3.